The van der Waals surface area contributed by atoms with E-state index in [4.69, 9.17) is 15.7 Å². The van der Waals surface area contributed by atoms with Crippen LogP contribution in [-0.4, -0.2) is 12.6 Å². The molecule has 1 rings (SSSR count). The zero-order valence-electron chi connectivity index (χ0n) is 11.1. The fraction of sp³-hybridized carbons (Fsp3) is 0.533. The topological polar surface area (TPSA) is 59.0 Å². The predicted octanol–water partition coefficient (Wildman–Crippen LogP) is 3.04. The standard InChI is InChI=1S/C15H22N2O/c1-2-14(17)12-13-8-4-5-9-15(13)18-11-7-3-6-10-16/h4-5,8-9,14H,2-3,6-7,11-12,17H2,1H3. The molecule has 18 heavy (non-hydrogen) atoms. The SMILES string of the molecule is CCC(N)Cc1ccccc1OCCCCC#N. The average molecular weight is 246 g/mol. The Bertz CT molecular complexity index is 384. The summed E-state index contributed by atoms with van der Waals surface area (Å²) in [6.45, 7) is 2.76. The van der Waals surface area contributed by atoms with Crippen LogP contribution in [0.5, 0.6) is 5.75 Å². The van der Waals surface area contributed by atoms with Crippen LogP contribution in [0.15, 0.2) is 24.3 Å². The maximum absolute atomic E-state index is 8.45. The molecule has 98 valence electrons. The molecule has 0 aliphatic rings. The molecule has 0 radical (unpaired) electrons. The van der Waals surface area contributed by atoms with Crippen LogP contribution in [0, 0.1) is 11.3 Å². The monoisotopic (exact) mass is 246 g/mol. The summed E-state index contributed by atoms with van der Waals surface area (Å²) in [4.78, 5) is 0. The van der Waals surface area contributed by atoms with Crippen molar-refractivity contribution in [2.75, 3.05) is 6.61 Å². The number of benzene rings is 1. The molecule has 1 atom stereocenters. The molecule has 1 aromatic rings. The lowest BCUT2D eigenvalue weighted by atomic mass is 10.0. The Morgan fingerprint density at radius 1 is 1.33 bits per heavy atom. The highest BCUT2D eigenvalue weighted by Crippen LogP contribution is 2.20. The van der Waals surface area contributed by atoms with Gasteiger partial charge in [-0.2, -0.15) is 5.26 Å². The van der Waals surface area contributed by atoms with Crippen LogP contribution in [-0.2, 0) is 6.42 Å². The van der Waals surface area contributed by atoms with Gasteiger partial charge in [0.05, 0.1) is 12.7 Å². The zero-order chi connectivity index (χ0) is 13.2. The van der Waals surface area contributed by atoms with E-state index in [0.29, 0.717) is 13.0 Å². The third-order valence-corrected chi connectivity index (χ3v) is 2.92. The van der Waals surface area contributed by atoms with Gasteiger partial charge < -0.3 is 10.5 Å². The summed E-state index contributed by atoms with van der Waals surface area (Å²) >= 11 is 0. The summed E-state index contributed by atoms with van der Waals surface area (Å²) in [5, 5.41) is 8.45. The van der Waals surface area contributed by atoms with Crippen molar-refractivity contribution >= 4 is 0 Å². The Morgan fingerprint density at radius 3 is 2.83 bits per heavy atom. The molecule has 0 bridgehead atoms. The second-order valence-corrected chi connectivity index (χ2v) is 4.44. The Balaban J connectivity index is 2.46. The quantitative estimate of drug-likeness (QED) is 0.717. The first-order valence-corrected chi connectivity index (χ1v) is 6.61. The minimum Gasteiger partial charge on any atom is -0.493 e. The van der Waals surface area contributed by atoms with Crippen LogP contribution in [0.1, 0.15) is 38.2 Å². The van der Waals surface area contributed by atoms with E-state index in [-0.39, 0.29) is 6.04 Å². The minimum atomic E-state index is 0.188. The average Bonchev–Trinajstić information content (AvgIpc) is 2.40. The minimum absolute atomic E-state index is 0.188. The fourth-order valence-corrected chi connectivity index (χ4v) is 1.73. The molecule has 2 N–H and O–H groups in total. The molecule has 0 aliphatic carbocycles. The van der Waals surface area contributed by atoms with Crippen molar-refractivity contribution in [1.29, 1.82) is 5.26 Å². The molecule has 0 aromatic heterocycles. The van der Waals surface area contributed by atoms with Crippen molar-refractivity contribution in [3.05, 3.63) is 29.8 Å². The molecular formula is C15H22N2O. The summed E-state index contributed by atoms with van der Waals surface area (Å²) in [6.07, 6.45) is 4.24. The van der Waals surface area contributed by atoms with Crippen LogP contribution in [0.25, 0.3) is 0 Å². The number of ether oxygens (including phenoxy) is 1. The maximum Gasteiger partial charge on any atom is 0.122 e. The summed E-state index contributed by atoms with van der Waals surface area (Å²) in [5.74, 6) is 0.929. The Morgan fingerprint density at radius 2 is 2.11 bits per heavy atom. The first kappa shape index (κ1) is 14.5. The van der Waals surface area contributed by atoms with E-state index in [1.54, 1.807) is 0 Å². The van der Waals surface area contributed by atoms with Crippen LogP contribution in [0.2, 0.25) is 0 Å². The Kier molecular flexibility index (Phi) is 6.90. The molecule has 0 saturated heterocycles. The van der Waals surface area contributed by atoms with E-state index < -0.39 is 0 Å². The number of unbranched alkanes of at least 4 members (excludes halogenated alkanes) is 2. The van der Waals surface area contributed by atoms with Gasteiger partial charge in [-0.3, -0.25) is 0 Å². The number of hydrogen-bond acceptors (Lipinski definition) is 3. The Hall–Kier alpha value is -1.53. The van der Waals surface area contributed by atoms with Crippen molar-refractivity contribution in [2.24, 2.45) is 5.73 Å². The van der Waals surface area contributed by atoms with E-state index in [9.17, 15) is 0 Å². The van der Waals surface area contributed by atoms with Gasteiger partial charge in [0.25, 0.3) is 0 Å². The van der Waals surface area contributed by atoms with Crippen molar-refractivity contribution in [3.8, 4) is 11.8 Å². The van der Waals surface area contributed by atoms with Crippen molar-refractivity contribution in [2.45, 2.75) is 45.1 Å². The van der Waals surface area contributed by atoms with E-state index >= 15 is 0 Å². The van der Waals surface area contributed by atoms with Gasteiger partial charge in [-0.1, -0.05) is 25.1 Å². The van der Waals surface area contributed by atoms with Gasteiger partial charge in [-0.15, -0.1) is 0 Å². The van der Waals surface area contributed by atoms with E-state index in [0.717, 1.165) is 31.4 Å². The summed E-state index contributed by atoms with van der Waals surface area (Å²) in [7, 11) is 0. The third-order valence-electron chi connectivity index (χ3n) is 2.92. The number of hydrogen-bond donors (Lipinski definition) is 1. The van der Waals surface area contributed by atoms with E-state index in [1.807, 2.05) is 18.2 Å². The van der Waals surface area contributed by atoms with Gasteiger partial charge in [0, 0.05) is 12.5 Å². The molecule has 1 aromatic carbocycles. The lowest BCUT2D eigenvalue weighted by Gasteiger charge is -2.14. The molecule has 0 amide bonds. The highest BCUT2D eigenvalue weighted by atomic mass is 16.5. The van der Waals surface area contributed by atoms with Gasteiger partial charge in [0.15, 0.2) is 0 Å². The zero-order valence-corrected chi connectivity index (χ0v) is 11.1. The third kappa shape index (κ3) is 5.20. The molecule has 3 heteroatoms. The molecule has 0 saturated carbocycles. The molecule has 0 fully saturated rings. The van der Waals surface area contributed by atoms with Crippen LogP contribution >= 0.6 is 0 Å². The first-order valence-electron chi connectivity index (χ1n) is 6.61. The number of rotatable bonds is 8. The maximum atomic E-state index is 8.45. The molecule has 0 aliphatic heterocycles. The molecule has 0 spiro atoms. The number of nitriles is 1. The van der Waals surface area contributed by atoms with Crippen molar-refractivity contribution in [3.63, 3.8) is 0 Å². The van der Waals surface area contributed by atoms with Crippen LogP contribution < -0.4 is 10.5 Å². The van der Waals surface area contributed by atoms with Gasteiger partial charge in [-0.05, 0) is 37.3 Å². The lowest BCUT2D eigenvalue weighted by molar-refractivity contribution is 0.304. The van der Waals surface area contributed by atoms with Crippen LogP contribution in [0.4, 0.5) is 0 Å². The second-order valence-electron chi connectivity index (χ2n) is 4.44. The summed E-state index contributed by atoms with van der Waals surface area (Å²) in [5.41, 5.74) is 7.15. The summed E-state index contributed by atoms with van der Waals surface area (Å²) in [6, 6.07) is 10.4. The van der Waals surface area contributed by atoms with E-state index in [1.165, 1.54) is 5.56 Å². The van der Waals surface area contributed by atoms with Gasteiger partial charge in [0.1, 0.15) is 5.75 Å². The highest BCUT2D eigenvalue weighted by molar-refractivity contribution is 5.33. The van der Waals surface area contributed by atoms with Gasteiger partial charge >= 0.3 is 0 Å². The van der Waals surface area contributed by atoms with Gasteiger partial charge in [-0.25, -0.2) is 0 Å². The number of nitrogens with two attached hydrogens (primary N) is 1. The van der Waals surface area contributed by atoms with Gasteiger partial charge in [0.2, 0.25) is 0 Å². The van der Waals surface area contributed by atoms with Crippen molar-refractivity contribution in [1.82, 2.24) is 0 Å². The molecular weight excluding hydrogens is 224 g/mol. The van der Waals surface area contributed by atoms with Crippen LogP contribution in [0.3, 0.4) is 0 Å². The van der Waals surface area contributed by atoms with E-state index in [2.05, 4.69) is 19.1 Å². The van der Waals surface area contributed by atoms with Crippen molar-refractivity contribution < 1.29 is 4.74 Å². The normalized spacial score (nSPS) is 11.8. The first-order chi connectivity index (χ1) is 8.77. The largest absolute Gasteiger partial charge is 0.493 e. The Labute approximate surface area is 110 Å². The lowest BCUT2D eigenvalue weighted by Crippen LogP contribution is -2.21. The second kappa shape index (κ2) is 8.54. The number of nitrogens with zero attached hydrogens (tertiary/aromatic N) is 1. The smallest absolute Gasteiger partial charge is 0.122 e. The fourth-order valence-electron chi connectivity index (χ4n) is 1.73. The molecule has 1 unspecified atom stereocenters. The predicted molar refractivity (Wildman–Crippen MR) is 73.4 cm³/mol. The number of para-hydroxylation sites is 1. The molecule has 0 heterocycles. The summed E-state index contributed by atoms with van der Waals surface area (Å²) < 4.78 is 5.76. The molecule has 3 nitrogen and oxygen atoms in total. The highest BCUT2D eigenvalue weighted by Gasteiger charge is 2.07.